The molecular formula is C14H16F3N5O2. The number of nitrogens with one attached hydrogen (secondary N) is 2. The molecule has 0 aromatic carbocycles. The SMILES string of the molecule is Cn1ccnc1[C@](O)(CCNC(=O)Nc1cccnc1)C(F)(F)F. The highest BCUT2D eigenvalue weighted by atomic mass is 19.4. The van der Waals surface area contributed by atoms with Crippen LogP contribution in [0, 0.1) is 0 Å². The predicted molar refractivity (Wildman–Crippen MR) is 79.0 cm³/mol. The molecule has 0 saturated heterocycles. The normalized spacial score (nSPS) is 14.0. The molecule has 0 unspecified atom stereocenters. The fraction of sp³-hybridized carbons (Fsp3) is 0.357. The Labute approximate surface area is 135 Å². The van der Waals surface area contributed by atoms with E-state index in [0.29, 0.717) is 5.69 Å². The molecule has 0 bridgehead atoms. The summed E-state index contributed by atoms with van der Waals surface area (Å²) in [6.45, 7) is -0.408. The van der Waals surface area contributed by atoms with Crippen molar-refractivity contribution < 1.29 is 23.1 Å². The fourth-order valence-corrected chi connectivity index (χ4v) is 2.11. The maximum Gasteiger partial charge on any atom is 0.424 e. The van der Waals surface area contributed by atoms with Crippen molar-refractivity contribution in [3.63, 3.8) is 0 Å². The van der Waals surface area contributed by atoms with Gasteiger partial charge in [-0.05, 0) is 12.1 Å². The molecule has 1 atom stereocenters. The molecule has 0 radical (unpaired) electrons. The average molecular weight is 343 g/mol. The number of amides is 2. The summed E-state index contributed by atoms with van der Waals surface area (Å²) in [4.78, 5) is 19.0. The summed E-state index contributed by atoms with van der Waals surface area (Å²) in [5, 5.41) is 14.8. The van der Waals surface area contributed by atoms with Crippen LogP contribution in [0.1, 0.15) is 12.2 Å². The third-order valence-electron chi connectivity index (χ3n) is 3.35. The molecule has 0 aliphatic carbocycles. The lowest BCUT2D eigenvalue weighted by Crippen LogP contribution is -2.47. The van der Waals surface area contributed by atoms with Crippen LogP contribution in [0.25, 0.3) is 0 Å². The highest BCUT2D eigenvalue weighted by Gasteiger charge is 2.57. The summed E-state index contributed by atoms with van der Waals surface area (Å²) in [6, 6.07) is 2.47. The molecule has 0 aliphatic rings. The van der Waals surface area contributed by atoms with Crippen molar-refractivity contribution in [2.45, 2.75) is 18.2 Å². The van der Waals surface area contributed by atoms with Gasteiger partial charge in [-0.25, -0.2) is 9.78 Å². The minimum Gasteiger partial charge on any atom is -0.374 e. The quantitative estimate of drug-likeness (QED) is 0.772. The van der Waals surface area contributed by atoms with Crippen molar-refractivity contribution in [2.24, 2.45) is 7.05 Å². The molecule has 2 aromatic rings. The van der Waals surface area contributed by atoms with Gasteiger partial charge in [0, 0.05) is 38.6 Å². The lowest BCUT2D eigenvalue weighted by molar-refractivity contribution is -0.272. The number of urea groups is 1. The van der Waals surface area contributed by atoms with Crippen LogP contribution in [0.2, 0.25) is 0 Å². The second-order valence-electron chi connectivity index (χ2n) is 5.09. The van der Waals surface area contributed by atoms with Gasteiger partial charge in [-0.2, -0.15) is 13.2 Å². The van der Waals surface area contributed by atoms with E-state index in [1.807, 2.05) is 0 Å². The summed E-state index contributed by atoms with van der Waals surface area (Å²) in [7, 11) is 1.35. The van der Waals surface area contributed by atoms with E-state index in [9.17, 15) is 23.1 Å². The minimum absolute atomic E-state index is 0.394. The Morgan fingerprint density at radius 2 is 2.12 bits per heavy atom. The number of hydrogen-bond acceptors (Lipinski definition) is 4. The monoisotopic (exact) mass is 343 g/mol. The predicted octanol–water partition coefficient (Wildman–Crippen LogP) is 1.78. The third-order valence-corrected chi connectivity index (χ3v) is 3.35. The number of carbonyl (C=O) groups excluding carboxylic acids is 1. The zero-order valence-electron chi connectivity index (χ0n) is 12.7. The van der Waals surface area contributed by atoms with Gasteiger partial charge >= 0.3 is 12.2 Å². The first kappa shape index (κ1) is 17.7. The van der Waals surface area contributed by atoms with E-state index in [2.05, 4.69) is 20.6 Å². The number of hydrogen-bond donors (Lipinski definition) is 3. The number of pyridine rings is 1. The van der Waals surface area contributed by atoms with Crippen LogP contribution < -0.4 is 10.6 Å². The maximum absolute atomic E-state index is 13.3. The number of nitrogens with zero attached hydrogens (tertiary/aromatic N) is 3. The Hall–Kier alpha value is -2.62. The smallest absolute Gasteiger partial charge is 0.374 e. The zero-order valence-corrected chi connectivity index (χ0v) is 12.7. The molecular weight excluding hydrogens is 327 g/mol. The second kappa shape index (κ2) is 6.87. The first-order valence-electron chi connectivity index (χ1n) is 6.96. The standard InChI is InChI=1S/C14H16F3N5O2/c1-22-8-7-19-11(22)13(24,14(15,16)17)4-6-20-12(23)21-10-3-2-5-18-9-10/h2-3,5,7-9,24H,4,6H2,1H3,(H2,20,21,23)/t13-/m1/s1. The molecule has 2 amide bonds. The van der Waals surface area contributed by atoms with Crippen molar-refractivity contribution in [1.82, 2.24) is 19.9 Å². The molecule has 2 heterocycles. The molecule has 0 spiro atoms. The van der Waals surface area contributed by atoms with Crippen LogP contribution in [0.5, 0.6) is 0 Å². The van der Waals surface area contributed by atoms with Crippen LogP contribution in [0.15, 0.2) is 36.9 Å². The fourth-order valence-electron chi connectivity index (χ4n) is 2.11. The topological polar surface area (TPSA) is 92.1 Å². The van der Waals surface area contributed by atoms with E-state index >= 15 is 0 Å². The van der Waals surface area contributed by atoms with Crippen molar-refractivity contribution in [3.8, 4) is 0 Å². The summed E-state index contributed by atoms with van der Waals surface area (Å²) < 4.78 is 40.9. The molecule has 0 aliphatic heterocycles. The molecule has 0 saturated carbocycles. The Morgan fingerprint density at radius 1 is 1.38 bits per heavy atom. The summed E-state index contributed by atoms with van der Waals surface area (Å²) in [5.41, 5.74) is -2.77. The van der Waals surface area contributed by atoms with Crippen LogP contribution in [-0.4, -0.2) is 38.4 Å². The van der Waals surface area contributed by atoms with Gasteiger partial charge in [0.1, 0.15) is 5.82 Å². The largest absolute Gasteiger partial charge is 0.424 e. The number of alkyl halides is 3. The van der Waals surface area contributed by atoms with Crippen LogP contribution in [-0.2, 0) is 12.6 Å². The van der Waals surface area contributed by atoms with Crippen LogP contribution >= 0.6 is 0 Å². The number of halogens is 3. The zero-order chi connectivity index (χ0) is 17.8. The summed E-state index contributed by atoms with van der Waals surface area (Å²) in [6.07, 6.45) is -0.350. The van der Waals surface area contributed by atoms with E-state index in [1.165, 1.54) is 25.6 Å². The Kier molecular flexibility index (Phi) is 5.07. The number of rotatable bonds is 5. The van der Waals surface area contributed by atoms with Gasteiger partial charge in [-0.1, -0.05) is 0 Å². The van der Waals surface area contributed by atoms with Gasteiger partial charge in [0.15, 0.2) is 0 Å². The van der Waals surface area contributed by atoms with E-state index < -0.39 is 36.6 Å². The molecule has 10 heteroatoms. The van der Waals surface area contributed by atoms with E-state index in [-0.39, 0.29) is 0 Å². The van der Waals surface area contributed by atoms with Gasteiger partial charge in [0.25, 0.3) is 0 Å². The van der Waals surface area contributed by atoms with E-state index in [0.717, 1.165) is 10.8 Å². The van der Waals surface area contributed by atoms with Crippen LogP contribution in [0.4, 0.5) is 23.7 Å². The summed E-state index contributed by atoms with van der Waals surface area (Å²) >= 11 is 0. The van der Waals surface area contributed by atoms with E-state index in [1.54, 1.807) is 12.1 Å². The van der Waals surface area contributed by atoms with Gasteiger partial charge < -0.3 is 20.3 Å². The van der Waals surface area contributed by atoms with Crippen molar-refractivity contribution in [3.05, 3.63) is 42.7 Å². The number of aromatic nitrogens is 3. The first-order chi connectivity index (χ1) is 11.2. The van der Waals surface area contributed by atoms with Gasteiger partial charge in [0.05, 0.1) is 11.9 Å². The van der Waals surface area contributed by atoms with Gasteiger partial charge in [-0.15, -0.1) is 0 Å². The average Bonchev–Trinajstić information content (AvgIpc) is 2.93. The van der Waals surface area contributed by atoms with Crippen molar-refractivity contribution in [1.29, 1.82) is 0 Å². The third kappa shape index (κ3) is 3.82. The lowest BCUT2D eigenvalue weighted by Gasteiger charge is -2.29. The van der Waals surface area contributed by atoms with Crippen LogP contribution in [0.3, 0.4) is 0 Å². The molecule has 130 valence electrons. The number of aryl methyl sites for hydroxylation is 1. The highest BCUT2D eigenvalue weighted by Crippen LogP contribution is 2.40. The first-order valence-corrected chi connectivity index (χ1v) is 6.96. The molecule has 0 fully saturated rings. The van der Waals surface area contributed by atoms with Crippen molar-refractivity contribution in [2.75, 3.05) is 11.9 Å². The summed E-state index contributed by atoms with van der Waals surface area (Å²) in [5.74, 6) is -0.538. The number of carbonyl (C=O) groups is 1. The number of imidazole rings is 1. The highest BCUT2D eigenvalue weighted by molar-refractivity contribution is 5.88. The maximum atomic E-state index is 13.3. The van der Waals surface area contributed by atoms with Gasteiger partial charge in [0.2, 0.25) is 5.60 Å². The molecule has 24 heavy (non-hydrogen) atoms. The second-order valence-corrected chi connectivity index (χ2v) is 5.09. The Bertz CT molecular complexity index is 689. The molecule has 2 rings (SSSR count). The van der Waals surface area contributed by atoms with Gasteiger partial charge in [-0.3, -0.25) is 4.98 Å². The van der Waals surface area contributed by atoms with Crippen molar-refractivity contribution >= 4 is 11.7 Å². The molecule has 2 aromatic heterocycles. The van der Waals surface area contributed by atoms with E-state index in [4.69, 9.17) is 0 Å². The number of anilines is 1. The molecule has 3 N–H and O–H groups in total. The number of aliphatic hydroxyl groups is 1. The Balaban J connectivity index is 1.99. The Morgan fingerprint density at radius 3 is 2.67 bits per heavy atom. The molecule has 7 nitrogen and oxygen atoms in total. The minimum atomic E-state index is -4.94. The lowest BCUT2D eigenvalue weighted by atomic mass is 9.97.